The van der Waals surface area contributed by atoms with Crippen molar-refractivity contribution in [2.24, 2.45) is 0 Å². The van der Waals surface area contributed by atoms with Gasteiger partial charge in [0, 0.05) is 34.8 Å². The molecule has 0 aliphatic heterocycles. The van der Waals surface area contributed by atoms with E-state index in [1.165, 1.54) is 42.8 Å². The fraction of sp³-hybridized carbons (Fsp3) is 0.361. The molecule has 4 rings (SSSR count). The number of ether oxygens (including phenoxy) is 1. The van der Waals surface area contributed by atoms with E-state index in [1.54, 1.807) is 51.1 Å². The van der Waals surface area contributed by atoms with E-state index < -0.39 is 56.8 Å². The Labute approximate surface area is 304 Å². The molecule has 0 aliphatic carbocycles. The molecule has 11 nitrogen and oxygen atoms in total. The highest BCUT2D eigenvalue weighted by Crippen LogP contribution is 2.30. The lowest BCUT2D eigenvalue weighted by molar-refractivity contribution is -0.158. The van der Waals surface area contributed by atoms with Gasteiger partial charge in [-0.25, -0.2) is 14.8 Å². The number of carbonyl (C=O) groups excluding carboxylic acids is 3. The van der Waals surface area contributed by atoms with Gasteiger partial charge >= 0.3 is 21.6 Å². The summed E-state index contributed by atoms with van der Waals surface area (Å²) >= 11 is 1.34. The molecule has 0 bridgehead atoms. The van der Waals surface area contributed by atoms with Crippen LogP contribution in [0.5, 0.6) is 5.75 Å². The number of halogens is 3. The molecule has 0 spiro atoms. The maximum absolute atomic E-state index is 13.5. The summed E-state index contributed by atoms with van der Waals surface area (Å²) in [7, 11) is -5.79. The van der Waals surface area contributed by atoms with E-state index in [-0.39, 0.29) is 11.8 Å². The highest BCUT2D eigenvalue weighted by molar-refractivity contribution is 7.88. The second-order valence-electron chi connectivity index (χ2n) is 13.9. The number of amides is 2. The number of rotatable bonds is 11. The van der Waals surface area contributed by atoms with Gasteiger partial charge in [0.15, 0.2) is 5.82 Å². The van der Waals surface area contributed by atoms with Gasteiger partial charge in [-0.15, -0.1) is 11.3 Å². The Morgan fingerprint density at radius 3 is 1.90 bits per heavy atom. The number of hydrogen-bond donors (Lipinski definition) is 2. The van der Waals surface area contributed by atoms with Crippen LogP contribution in [-0.4, -0.2) is 59.4 Å². The van der Waals surface area contributed by atoms with Crippen molar-refractivity contribution in [1.29, 1.82) is 0 Å². The minimum absolute atomic E-state index is 0.0974. The molecular formula is C36H39F3N4O7S2. The molecule has 2 heterocycles. The molecule has 2 N–H and O–H groups in total. The van der Waals surface area contributed by atoms with E-state index in [0.29, 0.717) is 33.0 Å². The first kappa shape index (κ1) is 39.9. The van der Waals surface area contributed by atoms with Crippen LogP contribution in [0.2, 0.25) is 0 Å². The predicted octanol–water partition coefficient (Wildman–Crippen LogP) is 6.59. The number of aromatic nitrogens is 2. The van der Waals surface area contributed by atoms with Crippen LogP contribution in [0.4, 0.5) is 13.2 Å². The summed E-state index contributed by atoms with van der Waals surface area (Å²) in [6.07, 6.45) is 3.09. The quantitative estimate of drug-likeness (QED) is 0.0980. The Morgan fingerprint density at radius 1 is 0.808 bits per heavy atom. The van der Waals surface area contributed by atoms with Crippen LogP contribution in [0, 0.1) is 0 Å². The van der Waals surface area contributed by atoms with Gasteiger partial charge in [-0.1, -0.05) is 57.2 Å². The lowest BCUT2D eigenvalue weighted by Crippen LogP contribution is -2.52. The van der Waals surface area contributed by atoms with Crippen LogP contribution in [-0.2, 0) is 36.3 Å². The number of carbonyl (C=O) groups is 3. The number of thiophene rings is 1. The van der Waals surface area contributed by atoms with Crippen LogP contribution < -0.4 is 14.8 Å². The van der Waals surface area contributed by atoms with Gasteiger partial charge in [0.25, 0.3) is 5.91 Å². The van der Waals surface area contributed by atoms with Gasteiger partial charge in [-0.05, 0) is 68.5 Å². The molecule has 278 valence electrons. The lowest BCUT2D eigenvalue weighted by Gasteiger charge is -2.24. The molecule has 4 aromatic rings. The van der Waals surface area contributed by atoms with Crippen molar-refractivity contribution in [1.82, 2.24) is 20.6 Å². The van der Waals surface area contributed by atoms with Crippen molar-refractivity contribution in [3.05, 3.63) is 88.4 Å². The fourth-order valence-electron chi connectivity index (χ4n) is 4.59. The van der Waals surface area contributed by atoms with Gasteiger partial charge in [-0.3, -0.25) is 9.59 Å². The predicted molar refractivity (Wildman–Crippen MR) is 190 cm³/mol. The van der Waals surface area contributed by atoms with Crippen molar-refractivity contribution in [2.75, 3.05) is 0 Å². The number of hydrogen-bond acceptors (Lipinski definition) is 10. The smallest absolute Gasteiger partial charge is 0.458 e. The molecule has 0 radical (unpaired) electrons. The second-order valence-corrected chi connectivity index (χ2v) is 16.5. The maximum atomic E-state index is 13.5. The van der Waals surface area contributed by atoms with Crippen LogP contribution in [0.25, 0.3) is 22.5 Å². The largest absolute Gasteiger partial charge is 0.534 e. The standard InChI is InChI=1S/C36H39F3N4O7S2/c1-21(33(46)49-35(5,6)7)42-31(44)27(43-32(45)28-16-17-29(51-28)34(2,3)4)18-22-8-10-24(11-9-22)30-40-19-25(20-41-30)23-12-14-26(15-13-23)50-52(47,48)36(37,38)39/h8-17,19-21,27H,18H2,1-7H3,(H,42,44)(H,43,45)/t21-,27+/m1/s1. The zero-order chi connectivity index (χ0) is 38.6. The third-order valence-corrected chi connectivity index (χ3v) is 9.78. The maximum Gasteiger partial charge on any atom is 0.534 e. The molecule has 0 saturated heterocycles. The van der Waals surface area contributed by atoms with E-state index in [4.69, 9.17) is 4.74 Å². The summed E-state index contributed by atoms with van der Waals surface area (Å²) < 4.78 is 69.9. The molecule has 2 aromatic heterocycles. The van der Waals surface area contributed by atoms with E-state index in [0.717, 1.165) is 17.0 Å². The average molecular weight is 761 g/mol. The molecule has 0 unspecified atom stereocenters. The minimum Gasteiger partial charge on any atom is -0.458 e. The fourth-order valence-corrected chi connectivity index (χ4v) is 6.02. The highest BCUT2D eigenvalue weighted by atomic mass is 32.2. The molecule has 52 heavy (non-hydrogen) atoms. The number of benzene rings is 2. The van der Waals surface area contributed by atoms with E-state index in [1.807, 2.05) is 26.8 Å². The van der Waals surface area contributed by atoms with Gasteiger partial charge in [0.1, 0.15) is 23.4 Å². The van der Waals surface area contributed by atoms with Crippen molar-refractivity contribution < 1.29 is 44.9 Å². The minimum atomic E-state index is -5.79. The number of alkyl halides is 3. The first-order valence-corrected chi connectivity index (χ1v) is 18.2. The van der Waals surface area contributed by atoms with E-state index >= 15 is 0 Å². The summed E-state index contributed by atoms with van der Waals surface area (Å²) in [5, 5.41) is 5.48. The molecule has 2 atom stereocenters. The number of esters is 1. The molecule has 2 amide bonds. The third kappa shape index (κ3) is 10.6. The van der Waals surface area contributed by atoms with E-state index in [9.17, 15) is 36.0 Å². The number of nitrogens with one attached hydrogen (secondary N) is 2. The zero-order valence-electron chi connectivity index (χ0n) is 29.5. The topological polar surface area (TPSA) is 154 Å². The summed E-state index contributed by atoms with van der Waals surface area (Å²) in [5.41, 5.74) is -4.13. The molecule has 0 saturated carbocycles. The van der Waals surface area contributed by atoms with Gasteiger partial charge in [-0.2, -0.15) is 21.6 Å². The van der Waals surface area contributed by atoms with Crippen LogP contribution in [0.15, 0.2) is 73.1 Å². The van der Waals surface area contributed by atoms with Crippen molar-refractivity contribution in [3.63, 3.8) is 0 Å². The Bertz CT molecular complexity index is 2000. The molecule has 2 aromatic carbocycles. The SMILES string of the molecule is C[C@@H](NC(=O)[C@H](Cc1ccc(-c2ncc(-c3ccc(OS(=O)(=O)C(F)(F)F)cc3)cn2)cc1)NC(=O)c1ccc(C(C)(C)C)s1)C(=O)OC(C)(C)C. The zero-order valence-corrected chi connectivity index (χ0v) is 31.1. The van der Waals surface area contributed by atoms with Crippen LogP contribution in [0.1, 0.15) is 68.6 Å². The summed E-state index contributed by atoms with van der Waals surface area (Å²) in [6.45, 7) is 12.8. The average Bonchev–Trinajstić information content (AvgIpc) is 3.56. The van der Waals surface area contributed by atoms with Crippen LogP contribution >= 0.6 is 11.3 Å². The molecular weight excluding hydrogens is 722 g/mol. The monoisotopic (exact) mass is 760 g/mol. The van der Waals surface area contributed by atoms with E-state index in [2.05, 4.69) is 24.8 Å². The molecule has 0 aliphatic rings. The third-order valence-electron chi connectivity index (χ3n) is 7.29. The highest BCUT2D eigenvalue weighted by Gasteiger charge is 2.48. The Kier molecular flexibility index (Phi) is 11.8. The van der Waals surface area contributed by atoms with Crippen molar-refractivity contribution in [2.45, 2.75) is 83.5 Å². The second kappa shape index (κ2) is 15.4. The molecule has 0 fully saturated rings. The van der Waals surface area contributed by atoms with Crippen molar-refractivity contribution >= 4 is 39.2 Å². The lowest BCUT2D eigenvalue weighted by atomic mass is 9.95. The summed E-state index contributed by atoms with van der Waals surface area (Å²) in [6, 6.07) is 13.5. The van der Waals surface area contributed by atoms with Crippen molar-refractivity contribution in [3.8, 4) is 28.3 Å². The Balaban J connectivity index is 1.48. The summed E-state index contributed by atoms with van der Waals surface area (Å²) in [4.78, 5) is 49.6. The summed E-state index contributed by atoms with van der Waals surface area (Å²) in [5.74, 6) is -1.76. The first-order chi connectivity index (χ1) is 24.0. The Hall–Kier alpha value is -4.83. The van der Waals surface area contributed by atoms with Gasteiger partial charge in [0.05, 0.1) is 4.88 Å². The number of nitrogens with zero attached hydrogens (tertiary/aromatic N) is 2. The van der Waals surface area contributed by atoms with Gasteiger partial charge in [0.2, 0.25) is 5.91 Å². The van der Waals surface area contributed by atoms with Gasteiger partial charge < -0.3 is 19.6 Å². The Morgan fingerprint density at radius 2 is 1.38 bits per heavy atom. The normalized spacial score (nSPS) is 13.5. The van der Waals surface area contributed by atoms with Crippen LogP contribution in [0.3, 0.4) is 0 Å². The first-order valence-electron chi connectivity index (χ1n) is 16.0. The molecule has 16 heteroatoms.